The molecule has 0 spiro atoms. The van der Waals surface area contributed by atoms with Crippen molar-refractivity contribution in [1.82, 2.24) is 10.6 Å². The monoisotopic (exact) mass is 408 g/mol. The molecular weight excluding hydrogens is 380 g/mol. The summed E-state index contributed by atoms with van der Waals surface area (Å²) in [5.41, 5.74) is 1.02. The Kier molecular flexibility index (Phi) is 8.50. The SMILES string of the molecule is C=C1NC(=O)N[C@@H](c2ccc(OCCC)c(OC)c2)[C@@H]1C(=O)OCCSCC. The largest absolute Gasteiger partial charge is 0.493 e. The lowest BCUT2D eigenvalue weighted by molar-refractivity contribution is -0.147. The van der Waals surface area contributed by atoms with Gasteiger partial charge in [0.25, 0.3) is 0 Å². The van der Waals surface area contributed by atoms with Gasteiger partial charge in [0.1, 0.15) is 12.5 Å². The molecule has 28 heavy (non-hydrogen) atoms. The van der Waals surface area contributed by atoms with E-state index in [1.807, 2.05) is 19.9 Å². The number of urea groups is 1. The zero-order chi connectivity index (χ0) is 20.5. The van der Waals surface area contributed by atoms with E-state index in [4.69, 9.17) is 14.2 Å². The minimum absolute atomic E-state index is 0.312. The second kappa shape index (κ2) is 10.8. The van der Waals surface area contributed by atoms with Crippen molar-refractivity contribution in [3.05, 3.63) is 36.0 Å². The van der Waals surface area contributed by atoms with E-state index in [1.165, 1.54) is 0 Å². The van der Waals surface area contributed by atoms with Gasteiger partial charge in [-0.25, -0.2) is 4.79 Å². The summed E-state index contributed by atoms with van der Waals surface area (Å²) in [6.07, 6.45) is 0.874. The van der Waals surface area contributed by atoms with Crippen LogP contribution in [-0.2, 0) is 9.53 Å². The fourth-order valence-corrected chi connectivity index (χ4v) is 3.37. The van der Waals surface area contributed by atoms with Gasteiger partial charge in [0, 0.05) is 11.4 Å². The van der Waals surface area contributed by atoms with Crippen molar-refractivity contribution in [2.75, 3.05) is 31.8 Å². The highest BCUT2D eigenvalue weighted by Gasteiger charge is 2.39. The molecule has 8 heteroatoms. The molecule has 154 valence electrons. The van der Waals surface area contributed by atoms with E-state index in [2.05, 4.69) is 17.2 Å². The summed E-state index contributed by atoms with van der Waals surface area (Å²) in [7, 11) is 1.55. The molecule has 0 bridgehead atoms. The normalized spacial score (nSPS) is 18.8. The van der Waals surface area contributed by atoms with Crippen LogP contribution in [0, 0.1) is 5.92 Å². The van der Waals surface area contributed by atoms with Crippen LogP contribution < -0.4 is 20.1 Å². The van der Waals surface area contributed by atoms with E-state index >= 15 is 0 Å². The molecule has 0 unspecified atom stereocenters. The summed E-state index contributed by atoms with van der Waals surface area (Å²) in [4.78, 5) is 24.7. The van der Waals surface area contributed by atoms with Crippen LogP contribution in [0.15, 0.2) is 30.5 Å². The van der Waals surface area contributed by atoms with Crippen molar-refractivity contribution in [3.63, 3.8) is 0 Å². The summed E-state index contributed by atoms with van der Waals surface area (Å²) in [5, 5.41) is 5.37. The number of carbonyl (C=O) groups excluding carboxylic acids is 2. The molecular formula is C20H28N2O5S. The standard InChI is InChI=1S/C20H28N2O5S/c1-5-9-26-15-8-7-14(12-16(15)25-4)18-17(13(3)21-20(24)22-18)19(23)27-10-11-28-6-2/h7-8,12,17-18H,3,5-6,9-11H2,1-2,4H3,(H2,21,22,24)/t17-,18+/m1/s1. The van der Waals surface area contributed by atoms with Gasteiger partial charge in [0.15, 0.2) is 11.5 Å². The van der Waals surface area contributed by atoms with Crippen molar-refractivity contribution in [2.45, 2.75) is 26.3 Å². The molecule has 2 rings (SSSR count). The zero-order valence-electron chi connectivity index (χ0n) is 16.6. The molecule has 0 aromatic heterocycles. The van der Waals surface area contributed by atoms with Gasteiger partial charge in [0.2, 0.25) is 0 Å². The van der Waals surface area contributed by atoms with Gasteiger partial charge in [-0.3, -0.25) is 4.79 Å². The first kappa shape index (κ1) is 21.9. The summed E-state index contributed by atoms with van der Waals surface area (Å²) in [6, 6.07) is 4.33. The predicted molar refractivity (Wildman–Crippen MR) is 110 cm³/mol. The van der Waals surface area contributed by atoms with Crippen molar-refractivity contribution in [3.8, 4) is 11.5 Å². The van der Waals surface area contributed by atoms with E-state index in [0.29, 0.717) is 36.0 Å². The van der Waals surface area contributed by atoms with Crippen LogP contribution in [-0.4, -0.2) is 43.8 Å². The molecule has 0 radical (unpaired) electrons. The third kappa shape index (κ3) is 5.58. The summed E-state index contributed by atoms with van der Waals surface area (Å²) >= 11 is 1.69. The third-order valence-corrected chi connectivity index (χ3v) is 5.07. The van der Waals surface area contributed by atoms with E-state index in [9.17, 15) is 9.59 Å². The highest BCUT2D eigenvalue weighted by atomic mass is 32.2. The van der Waals surface area contributed by atoms with Crippen LogP contribution in [0.1, 0.15) is 31.9 Å². The third-order valence-electron chi connectivity index (χ3n) is 4.21. The van der Waals surface area contributed by atoms with Crippen LogP contribution in [0.4, 0.5) is 4.79 Å². The molecule has 0 aliphatic carbocycles. The highest BCUT2D eigenvalue weighted by molar-refractivity contribution is 7.99. The molecule has 1 aromatic carbocycles. The average molecular weight is 409 g/mol. The van der Waals surface area contributed by atoms with Gasteiger partial charge in [-0.2, -0.15) is 11.8 Å². The number of carbonyl (C=O) groups is 2. The topological polar surface area (TPSA) is 85.9 Å². The lowest BCUT2D eigenvalue weighted by Crippen LogP contribution is -2.51. The van der Waals surface area contributed by atoms with Crippen LogP contribution >= 0.6 is 11.8 Å². The van der Waals surface area contributed by atoms with Gasteiger partial charge >= 0.3 is 12.0 Å². The van der Waals surface area contributed by atoms with Crippen LogP contribution in [0.25, 0.3) is 0 Å². The van der Waals surface area contributed by atoms with Gasteiger partial charge in [-0.05, 0) is 29.9 Å². The number of benzene rings is 1. The highest BCUT2D eigenvalue weighted by Crippen LogP contribution is 2.36. The molecule has 1 heterocycles. The Bertz CT molecular complexity index is 710. The van der Waals surface area contributed by atoms with Gasteiger partial charge in [-0.15, -0.1) is 0 Å². The Morgan fingerprint density at radius 2 is 2.04 bits per heavy atom. The lowest BCUT2D eigenvalue weighted by atomic mass is 9.89. The minimum Gasteiger partial charge on any atom is -0.493 e. The number of rotatable bonds is 10. The van der Waals surface area contributed by atoms with Gasteiger partial charge in [-0.1, -0.05) is 26.5 Å². The maximum Gasteiger partial charge on any atom is 0.319 e. The second-order valence-electron chi connectivity index (χ2n) is 6.20. The van der Waals surface area contributed by atoms with Crippen molar-refractivity contribution in [2.24, 2.45) is 5.92 Å². The fraction of sp³-hybridized carbons (Fsp3) is 0.500. The maximum absolute atomic E-state index is 12.7. The number of amides is 2. The number of thioether (sulfide) groups is 1. The number of ether oxygens (including phenoxy) is 3. The first-order valence-electron chi connectivity index (χ1n) is 9.33. The molecule has 2 N–H and O–H groups in total. The van der Waals surface area contributed by atoms with Crippen LogP contribution in [0.3, 0.4) is 0 Å². The summed E-state index contributed by atoms with van der Waals surface area (Å²) in [5.74, 6) is 1.67. The van der Waals surface area contributed by atoms with Gasteiger partial charge in [0.05, 0.1) is 19.8 Å². The number of esters is 1. The van der Waals surface area contributed by atoms with Crippen LogP contribution in [0.2, 0.25) is 0 Å². The Hall–Kier alpha value is -2.35. The summed E-state index contributed by atoms with van der Waals surface area (Å²) < 4.78 is 16.5. The Morgan fingerprint density at radius 1 is 1.25 bits per heavy atom. The Balaban J connectivity index is 2.24. The molecule has 1 aliphatic rings. The molecule has 2 amide bonds. The average Bonchev–Trinajstić information content (AvgIpc) is 2.68. The lowest BCUT2D eigenvalue weighted by Gasteiger charge is -2.33. The molecule has 2 atom stereocenters. The first-order chi connectivity index (χ1) is 13.5. The van der Waals surface area contributed by atoms with Crippen LogP contribution in [0.5, 0.6) is 11.5 Å². The Morgan fingerprint density at radius 3 is 2.71 bits per heavy atom. The van der Waals surface area contributed by atoms with Crippen molar-refractivity contribution >= 4 is 23.8 Å². The van der Waals surface area contributed by atoms with Crippen molar-refractivity contribution < 1.29 is 23.8 Å². The smallest absolute Gasteiger partial charge is 0.319 e. The number of hydrogen-bond acceptors (Lipinski definition) is 6. The minimum atomic E-state index is -0.739. The quantitative estimate of drug-likeness (QED) is 0.457. The van der Waals surface area contributed by atoms with E-state index in [-0.39, 0.29) is 0 Å². The van der Waals surface area contributed by atoms with E-state index in [0.717, 1.165) is 17.9 Å². The molecule has 1 aromatic rings. The van der Waals surface area contributed by atoms with Crippen molar-refractivity contribution in [1.29, 1.82) is 0 Å². The number of methoxy groups -OCH3 is 1. The Labute approximate surface area is 170 Å². The first-order valence-corrected chi connectivity index (χ1v) is 10.5. The molecule has 0 saturated carbocycles. The molecule has 1 saturated heterocycles. The zero-order valence-corrected chi connectivity index (χ0v) is 17.4. The van der Waals surface area contributed by atoms with Gasteiger partial charge < -0.3 is 24.8 Å². The second-order valence-corrected chi connectivity index (χ2v) is 7.60. The maximum atomic E-state index is 12.7. The number of nitrogens with one attached hydrogen (secondary N) is 2. The molecule has 1 fully saturated rings. The number of hydrogen-bond donors (Lipinski definition) is 2. The molecule has 1 aliphatic heterocycles. The van der Waals surface area contributed by atoms with E-state index < -0.39 is 24.0 Å². The van der Waals surface area contributed by atoms with E-state index in [1.54, 1.807) is 31.0 Å². The summed E-state index contributed by atoms with van der Waals surface area (Å²) in [6.45, 7) is 8.81. The predicted octanol–water partition coefficient (Wildman–Crippen LogP) is 3.26. The fourth-order valence-electron chi connectivity index (χ4n) is 2.88. The molecule has 7 nitrogen and oxygen atoms in total.